The summed E-state index contributed by atoms with van der Waals surface area (Å²) in [7, 11) is 0. The maximum Gasteiger partial charge on any atom is 0.314 e. The van der Waals surface area contributed by atoms with Crippen LogP contribution in [0.5, 0.6) is 5.75 Å². The number of rotatable bonds is 8. The summed E-state index contributed by atoms with van der Waals surface area (Å²) in [5.41, 5.74) is 0. The summed E-state index contributed by atoms with van der Waals surface area (Å²) in [6.45, 7) is 3.02. The zero-order valence-corrected chi connectivity index (χ0v) is 13.4. The van der Waals surface area contributed by atoms with Crippen LogP contribution in [0.15, 0.2) is 42.5 Å². The second-order valence-corrected chi connectivity index (χ2v) is 5.52. The highest BCUT2D eigenvalue weighted by Crippen LogP contribution is 2.20. The fourth-order valence-electron chi connectivity index (χ4n) is 2.26. The molecule has 3 N–H and O–H groups in total. The summed E-state index contributed by atoms with van der Waals surface area (Å²) >= 11 is 0. The van der Waals surface area contributed by atoms with E-state index in [-0.39, 0.29) is 18.7 Å². The smallest absolute Gasteiger partial charge is 0.314 e. The first kappa shape index (κ1) is 17.1. The zero-order chi connectivity index (χ0) is 16.5. The average Bonchev–Trinajstić information content (AvgIpc) is 2.54. The number of aliphatic hydroxyl groups is 1. The monoisotopic (exact) mass is 316 g/mol. The Balaban J connectivity index is 1.65. The predicted molar refractivity (Wildman–Crippen MR) is 91.8 cm³/mol. The van der Waals surface area contributed by atoms with Crippen molar-refractivity contribution in [1.29, 1.82) is 0 Å². The standard InChI is InChI=1S/C18H24N2O3/c1-14(9-11-21)20-18(22)19-10-4-12-23-17-8-7-15-5-2-3-6-16(15)13-17/h2-3,5-8,13-14,21H,4,9-12H2,1H3,(H2,19,20,22)/t14-/m1/s1. The lowest BCUT2D eigenvalue weighted by Crippen LogP contribution is -2.41. The molecule has 0 aliphatic heterocycles. The maximum atomic E-state index is 11.6. The molecule has 0 heterocycles. The van der Waals surface area contributed by atoms with E-state index in [1.807, 2.05) is 37.3 Å². The van der Waals surface area contributed by atoms with Gasteiger partial charge in [-0.3, -0.25) is 0 Å². The molecule has 0 unspecified atom stereocenters. The molecule has 2 aromatic carbocycles. The Labute approximate surface area is 136 Å². The summed E-state index contributed by atoms with van der Waals surface area (Å²) in [5.74, 6) is 0.838. The quantitative estimate of drug-likeness (QED) is 0.656. The molecule has 0 aliphatic carbocycles. The van der Waals surface area contributed by atoms with Crippen LogP contribution < -0.4 is 15.4 Å². The van der Waals surface area contributed by atoms with Gasteiger partial charge in [-0.1, -0.05) is 30.3 Å². The molecule has 0 spiro atoms. The van der Waals surface area contributed by atoms with Crippen molar-refractivity contribution in [2.24, 2.45) is 0 Å². The first-order chi connectivity index (χ1) is 11.2. The number of aliphatic hydroxyl groups excluding tert-OH is 1. The van der Waals surface area contributed by atoms with Crippen LogP contribution in [0.3, 0.4) is 0 Å². The largest absolute Gasteiger partial charge is 0.494 e. The molecule has 1 atom stereocenters. The Kier molecular flexibility index (Phi) is 6.69. The minimum atomic E-state index is -0.211. The van der Waals surface area contributed by atoms with Gasteiger partial charge in [-0.2, -0.15) is 0 Å². The van der Waals surface area contributed by atoms with Crippen molar-refractivity contribution in [3.63, 3.8) is 0 Å². The lowest BCUT2D eigenvalue weighted by Gasteiger charge is -2.13. The summed E-state index contributed by atoms with van der Waals surface area (Å²) in [4.78, 5) is 11.6. The van der Waals surface area contributed by atoms with E-state index < -0.39 is 0 Å². The molecule has 0 saturated heterocycles. The molecule has 0 aromatic heterocycles. The molecular formula is C18H24N2O3. The molecule has 0 aliphatic rings. The molecule has 2 aromatic rings. The van der Waals surface area contributed by atoms with Crippen LogP contribution in [-0.4, -0.2) is 36.9 Å². The lowest BCUT2D eigenvalue weighted by molar-refractivity contribution is 0.229. The number of amides is 2. The summed E-state index contributed by atoms with van der Waals surface area (Å²) in [5, 5.41) is 16.7. The van der Waals surface area contributed by atoms with E-state index in [4.69, 9.17) is 9.84 Å². The lowest BCUT2D eigenvalue weighted by atomic mass is 10.1. The molecule has 2 amide bonds. The van der Waals surface area contributed by atoms with E-state index in [0.29, 0.717) is 19.6 Å². The minimum absolute atomic E-state index is 0.0335. The number of fused-ring (bicyclic) bond motifs is 1. The van der Waals surface area contributed by atoms with Crippen molar-refractivity contribution < 1.29 is 14.6 Å². The third-order valence-corrected chi connectivity index (χ3v) is 3.54. The van der Waals surface area contributed by atoms with Gasteiger partial charge in [0.1, 0.15) is 5.75 Å². The SMILES string of the molecule is C[C@H](CCO)NC(=O)NCCCOc1ccc2ccccc2c1. The normalized spacial score (nSPS) is 11.9. The van der Waals surface area contributed by atoms with Gasteiger partial charge >= 0.3 is 6.03 Å². The third kappa shape index (κ3) is 5.79. The highest BCUT2D eigenvalue weighted by molar-refractivity contribution is 5.83. The van der Waals surface area contributed by atoms with Crippen LogP contribution in [0.1, 0.15) is 19.8 Å². The van der Waals surface area contributed by atoms with Crippen molar-refractivity contribution in [3.8, 4) is 5.75 Å². The third-order valence-electron chi connectivity index (χ3n) is 3.54. The van der Waals surface area contributed by atoms with Gasteiger partial charge in [0.05, 0.1) is 6.61 Å². The van der Waals surface area contributed by atoms with Gasteiger partial charge in [0.25, 0.3) is 0 Å². The van der Waals surface area contributed by atoms with Crippen LogP contribution in [0.4, 0.5) is 4.79 Å². The van der Waals surface area contributed by atoms with Gasteiger partial charge in [-0.15, -0.1) is 0 Å². The van der Waals surface area contributed by atoms with E-state index in [1.54, 1.807) is 0 Å². The van der Waals surface area contributed by atoms with Gasteiger partial charge < -0.3 is 20.5 Å². The Morgan fingerprint density at radius 2 is 2.00 bits per heavy atom. The molecular weight excluding hydrogens is 292 g/mol. The van der Waals surface area contributed by atoms with Crippen molar-refractivity contribution in [1.82, 2.24) is 10.6 Å². The summed E-state index contributed by atoms with van der Waals surface area (Å²) in [6.07, 6.45) is 1.28. The van der Waals surface area contributed by atoms with Gasteiger partial charge in [0.15, 0.2) is 0 Å². The van der Waals surface area contributed by atoms with Crippen LogP contribution in [0.2, 0.25) is 0 Å². The highest BCUT2D eigenvalue weighted by atomic mass is 16.5. The second kappa shape index (κ2) is 9.00. The van der Waals surface area contributed by atoms with E-state index >= 15 is 0 Å². The number of carbonyl (C=O) groups excluding carboxylic acids is 1. The number of carbonyl (C=O) groups is 1. The van der Waals surface area contributed by atoms with E-state index in [1.165, 1.54) is 5.39 Å². The maximum absolute atomic E-state index is 11.6. The first-order valence-corrected chi connectivity index (χ1v) is 7.96. The van der Waals surface area contributed by atoms with Crippen LogP contribution >= 0.6 is 0 Å². The van der Waals surface area contributed by atoms with Crippen LogP contribution in [0.25, 0.3) is 10.8 Å². The van der Waals surface area contributed by atoms with Gasteiger partial charge in [0.2, 0.25) is 0 Å². The Morgan fingerprint density at radius 3 is 2.78 bits per heavy atom. The van der Waals surface area contributed by atoms with Crippen LogP contribution in [0, 0.1) is 0 Å². The van der Waals surface area contributed by atoms with Crippen LogP contribution in [-0.2, 0) is 0 Å². The number of ether oxygens (including phenoxy) is 1. The topological polar surface area (TPSA) is 70.6 Å². The molecule has 0 fully saturated rings. The molecule has 0 radical (unpaired) electrons. The molecule has 0 saturated carbocycles. The van der Waals surface area contributed by atoms with Crippen molar-refractivity contribution in [3.05, 3.63) is 42.5 Å². The number of hydrogen-bond acceptors (Lipinski definition) is 3. The van der Waals surface area contributed by atoms with Gasteiger partial charge in [0, 0.05) is 19.2 Å². The fourth-order valence-corrected chi connectivity index (χ4v) is 2.26. The number of hydrogen-bond donors (Lipinski definition) is 3. The van der Waals surface area contributed by atoms with Gasteiger partial charge in [-0.25, -0.2) is 4.79 Å². The molecule has 124 valence electrons. The highest BCUT2D eigenvalue weighted by Gasteiger charge is 2.05. The predicted octanol–water partition coefficient (Wildman–Crippen LogP) is 2.68. The molecule has 0 bridgehead atoms. The van der Waals surface area contributed by atoms with E-state index in [0.717, 1.165) is 17.6 Å². The van der Waals surface area contributed by atoms with E-state index in [2.05, 4.69) is 22.8 Å². The Morgan fingerprint density at radius 1 is 1.22 bits per heavy atom. The zero-order valence-electron chi connectivity index (χ0n) is 13.4. The second-order valence-electron chi connectivity index (χ2n) is 5.52. The van der Waals surface area contributed by atoms with Crippen molar-refractivity contribution >= 4 is 16.8 Å². The van der Waals surface area contributed by atoms with E-state index in [9.17, 15) is 4.79 Å². The number of nitrogens with one attached hydrogen (secondary N) is 2. The summed E-state index contributed by atoms with van der Waals surface area (Å²) in [6, 6.07) is 13.9. The Bertz CT molecular complexity index is 630. The summed E-state index contributed by atoms with van der Waals surface area (Å²) < 4.78 is 5.71. The van der Waals surface area contributed by atoms with Crippen molar-refractivity contribution in [2.45, 2.75) is 25.8 Å². The molecule has 23 heavy (non-hydrogen) atoms. The number of benzene rings is 2. The molecule has 2 rings (SSSR count). The minimum Gasteiger partial charge on any atom is -0.494 e. The van der Waals surface area contributed by atoms with Gasteiger partial charge in [-0.05, 0) is 42.7 Å². The first-order valence-electron chi connectivity index (χ1n) is 7.96. The average molecular weight is 316 g/mol. The Hall–Kier alpha value is -2.27. The molecule has 5 nitrogen and oxygen atoms in total. The fraction of sp³-hybridized carbons (Fsp3) is 0.389. The van der Waals surface area contributed by atoms with Crippen molar-refractivity contribution in [2.75, 3.05) is 19.8 Å². The molecule has 5 heteroatoms. The number of urea groups is 1.